The highest BCUT2D eigenvalue weighted by molar-refractivity contribution is 5.69. The van der Waals surface area contributed by atoms with Crippen LogP contribution < -0.4 is 0 Å². The summed E-state index contributed by atoms with van der Waals surface area (Å²) in [5.74, 6) is -2.45. The molecule has 1 aromatic rings. The quantitative estimate of drug-likeness (QED) is 0.906. The van der Waals surface area contributed by atoms with E-state index in [1.807, 2.05) is 11.9 Å². The fourth-order valence-electron chi connectivity index (χ4n) is 2.98. The maximum atomic E-state index is 13.2. The molecule has 4 nitrogen and oxygen atoms in total. The second-order valence-corrected chi connectivity index (χ2v) is 5.92. The molecule has 1 atom stereocenters. The summed E-state index contributed by atoms with van der Waals surface area (Å²) in [5.41, 5.74) is 0.760. The molecule has 1 N–H and O–H groups in total. The highest BCUT2D eigenvalue weighted by Gasteiger charge is 2.21. The number of halogens is 2. The molecule has 1 heterocycles. The number of carboxylic acid groups (broad SMARTS) is 1. The van der Waals surface area contributed by atoms with Gasteiger partial charge in [-0.15, -0.1) is 0 Å². The zero-order chi connectivity index (χ0) is 16.1. The Morgan fingerprint density at radius 1 is 1.32 bits per heavy atom. The maximum Gasteiger partial charge on any atom is 0.317 e. The Balaban J connectivity index is 1.89. The largest absolute Gasteiger partial charge is 0.480 e. The minimum atomic E-state index is -0.824. The van der Waals surface area contributed by atoms with Gasteiger partial charge >= 0.3 is 5.97 Å². The highest BCUT2D eigenvalue weighted by atomic mass is 19.2. The van der Waals surface area contributed by atoms with E-state index >= 15 is 0 Å². The van der Waals surface area contributed by atoms with Crippen molar-refractivity contribution in [3.8, 4) is 0 Å². The zero-order valence-corrected chi connectivity index (χ0v) is 12.8. The highest BCUT2D eigenvalue weighted by Crippen LogP contribution is 2.18. The van der Waals surface area contributed by atoms with Gasteiger partial charge in [0.15, 0.2) is 11.6 Å². The molecule has 0 bridgehead atoms. The van der Waals surface area contributed by atoms with Crippen LogP contribution in [-0.4, -0.2) is 53.6 Å². The lowest BCUT2D eigenvalue weighted by molar-refractivity contribution is -0.138. The van der Waals surface area contributed by atoms with Crippen LogP contribution in [0.25, 0.3) is 0 Å². The molecular weight excluding hydrogens is 290 g/mol. The SMILES string of the molecule is CN(CC(=O)O)C1CCCN(Cc2ccc(F)c(F)c2)CC1. The number of carbonyl (C=O) groups is 1. The second-order valence-electron chi connectivity index (χ2n) is 5.92. The van der Waals surface area contributed by atoms with Gasteiger partial charge in [0, 0.05) is 12.6 Å². The number of nitrogens with zero attached hydrogens (tertiary/aromatic N) is 2. The Kier molecular flexibility index (Phi) is 5.85. The molecule has 0 saturated carbocycles. The number of rotatable bonds is 5. The third-order valence-electron chi connectivity index (χ3n) is 4.19. The lowest BCUT2D eigenvalue weighted by Crippen LogP contribution is -2.36. The van der Waals surface area contributed by atoms with E-state index < -0.39 is 17.6 Å². The van der Waals surface area contributed by atoms with Crippen molar-refractivity contribution in [2.24, 2.45) is 0 Å². The van der Waals surface area contributed by atoms with Crippen molar-refractivity contribution in [2.45, 2.75) is 31.8 Å². The van der Waals surface area contributed by atoms with E-state index in [4.69, 9.17) is 5.11 Å². The molecule has 0 amide bonds. The van der Waals surface area contributed by atoms with Gasteiger partial charge in [0.1, 0.15) is 0 Å². The summed E-state index contributed by atoms with van der Waals surface area (Å²) >= 11 is 0. The van der Waals surface area contributed by atoms with Crippen LogP contribution in [0.15, 0.2) is 18.2 Å². The first-order valence-corrected chi connectivity index (χ1v) is 7.54. The molecule has 1 aliphatic heterocycles. The Morgan fingerprint density at radius 3 is 2.77 bits per heavy atom. The van der Waals surface area contributed by atoms with Crippen molar-refractivity contribution >= 4 is 5.97 Å². The lowest BCUT2D eigenvalue weighted by Gasteiger charge is -2.25. The molecule has 2 rings (SSSR count). The fraction of sp³-hybridized carbons (Fsp3) is 0.562. The van der Waals surface area contributed by atoms with Gasteiger partial charge in [-0.05, 0) is 57.1 Å². The van der Waals surface area contributed by atoms with Crippen molar-refractivity contribution in [2.75, 3.05) is 26.7 Å². The number of aliphatic carboxylic acids is 1. The summed E-state index contributed by atoms with van der Waals surface area (Å²) in [5, 5.41) is 8.86. The Morgan fingerprint density at radius 2 is 2.09 bits per heavy atom. The van der Waals surface area contributed by atoms with Crippen LogP contribution in [0, 0.1) is 11.6 Å². The molecule has 122 valence electrons. The molecule has 22 heavy (non-hydrogen) atoms. The van der Waals surface area contributed by atoms with Crippen LogP contribution in [0.1, 0.15) is 24.8 Å². The first kappa shape index (κ1) is 16.8. The van der Waals surface area contributed by atoms with E-state index in [1.54, 1.807) is 6.07 Å². The van der Waals surface area contributed by atoms with Gasteiger partial charge in [-0.25, -0.2) is 8.78 Å². The van der Waals surface area contributed by atoms with Crippen LogP contribution in [0.2, 0.25) is 0 Å². The topological polar surface area (TPSA) is 43.8 Å². The van der Waals surface area contributed by atoms with E-state index in [9.17, 15) is 13.6 Å². The number of likely N-dealkylation sites (tertiary alicyclic amines) is 1. The third kappa shape index (κ3) is 4.74. The molecule has 1 fully saturated rings. The summed E-state index contributed by atoms with van der Waals surface area (Å²) in [7, 11) is 1.84. The van der Waals surface area contributed by atoms with Gasteiger partial charge in [0.25, 0.3) is 0 Å². The maximum absolute atomic E-state index is 13.2. The zero-order valence-electron chi connectivity index (χ0n) is 12.8. The molecule has 0 spiro atoms. The summed E-state index contributed by atoms with van der Waals surface area (Å²) in [6.07, 6.45) is 2.81. The summed E-state index contributed by atoms with van der Waals surface area (Å²) in [4.78, 5) is 14.9. The third-order valence-corrected chi connectivity index (χ3v) is 4.19. The minimum Gasteiger partial charge on any atom is -0.480 e. The number of benzene rings is 1. The van der Waals surface area contributed by atoms with Crippen LogP contribution in [0.3, 0.4) is 0 Å². The number of likely N-dealkylation sites (N-methyl/N-ethyl adjacent to an activating group) is 1. The molecule has 1 aliphatic rings. The molecule has 0 aliphatic carbocycles. The molecular formula is C16H22F2N2O2. The van der Waals surface area contributed by atoms with E-state index in [0.29, 0.717) is 6.54 Å². The van der Waals surface area contributed by atoms with E-state index in [0.717, 1.165) is 44.0 Å². The number of hydrogen-bond donors (Lipinski definition) is 1. The smallest absolute Gasteiger partial charge is 0.317 e. The first-order chi connectivity index (χ1) is 10.5. The summed E-state index contributed by atoms with van der Waals surface area (Å²) in [6.45, 7) is 2.35. The number of carboxylic acids is 1. The lowest BCUT2D eigenvalue weighted by atomic mass is 10.1. The first-order valence-electron chi connectivity index (χ1n) is 7.54. The fourth-order valence-corrected chi connectivity index (χ4v) is 2.98. The Bertz CT molecular complexity index is 525. The average molecular weight is 312 g/mol. The van der Waals surface area contributed by atoms with Gasteiger partial charge in [0.2, 0.25) is 0 Å². The Hall–Kier alpha value is -1.53. The van der Waals surface area contributed by atoms with Gasteiger partial charge in [-0.3, -0.25) is 14.6 Å². The van der Waals surface area contributed by atoms with Crippen LogP contribution in [0.4, 0.5) is 8.78 Å². The monoisotopic (exact) mass is 312 g/mol. The molecule has 6 heteroatoms. The van der Waals surface area contributed by atoms with Crippen molar-refractivity contribution in [1.29, 1.82) is 0 Å². The number of hydrogen-bond acceptors (Lipinski definition) is 3. The van der Waals surface area contributed by atoms with Crippen molar-refractivity contribution < 1.29 is 18.7 Å². The van der Waals surface area contributed by atoms with E-state index in [1.165, 1.54) is 6.07 Å². The molecule has 0 aromatic heterocycles. The van der Waals surface area contributed by atoms with Crippen molar-refractivity contribution in [3.05, 3.63) is 35.4 Å². The van der Waals surface area contributed by atoms with Gasteiger partial charge in [-0.1, -0.05) is 6.07 Å². The predicted molar refractivity (Wildman–Crippen MR) is 79.5 cm³/mol. The van der Waals surface area contributed by atoms with Crippen LogP contribution in [-0.2, 0) is 11.3 Å². The van der Waals surface area contributed by atoms with Crippen molar-refractivity contribution in [3.63, 3.8) is 0 Å². The Labute approximate surface area is 129 Å². The van der Waals surface area contributed by atoms with E-state index in [-0.39, 0.29) is 12.6 Å². The van der Waals surface area contributed by atoms with Crippen LogP contribution >= 0.6 is 0 Å². The minimum absolute atomic E-state index is 0.0494. The van der Waals surface area contributed by atoms with Gasteiger partial charge < -0.3 is 5.11 Å². The molecule has 1 saturated heterocycles. The summed E-state index contributed by atoms with van der Waals surface area (Å²) < 4.78 is 26.2. The molecule has 1 aromatic carbocycles. The van der Waals surface area contributed by atoms with Gasteiger partial charge in [0.05, 0.1) is 6.54 Å². The van der Waals surface area contributed by atoms with Gasteiger partial charge in [-0.2, -0.15) is 0 Å². The van der Waals surface area contributed by atoms with Crippen molar-refractivity contribution in [1.82, 2.24) is 9.80 Å². The second kappa shape index (κ2) is 7.65. The molecule has 1 unspecified atom stereocenters. The summed E-state index contributed by atoms with van der Waals surface area (Å²) in [6, 6.07) is 4.27. The van der Waals surface area contributed by atoms with Crippen LogP contribution in [0.5, 0.6) is 0 Å². The predicted octanol–water partition coefficient (Wildman–Crippen LogP) is 2.34. The average Bonchev–Trinajstić information content (AvgIpc) is 2.68. The van der Waals surface area contributed by atoms with E-state index in [2.05, 4.69) is 4.90 Å². The normalized spacial score (nSPS) is 20.1. The standard InChI is InChI=1S/C16H22F2N2O2/c1-19(11-16(21)22)13-3-2-7-20(8-6-13)10-12-4-5-14(17)15(18)9-12/h4-5,9,13H,2-3,6-8,10-11H2,1H3,(H,21,22). The molecule has 0 radical (unpaired) electrons.